The second-order valence-electron chi connectivity index (χ2n) is 16.2. The second kappa shape index (κ2) is 20.5. The molecule has 0 aromatic heterocycles. The molecule has 255 valence electrons. The average molecular weight is 806 g/mol. The molecule has 1 radical (unpaired) electrons. The van der Waals surface area contributed by atoms with Crippen molar-refractivity contribution >= 4 is 36.1 Å². The van der Waals surface area contributed by atoms with Gasteiger partial charge >= 0.3 is 40.4 Å². The summed E-state index contributed by atoms with van der Waals surface area (Å²) in [5.41, 5.74) is 7.89. The van der Waals surface area contributed by atoms with Crippen molar-refractivity contribution in [1.82, 2.24) is 0 Å². The third kappa shape index (κ3) is 17.8. The molecule has 0 aliphatic carbocycles. The Morgan fingerprint density at radius 1 is 0.578 bits per heavy atom. The Balaban J connectivity index is 0.00000106. The quantitative estimate of drug-likeness (QED) is 0.209. The van der Waals surface area contributed by atoms with Gasteiger partial charge < -0.3 is 19.7 Å². The molecule has 1 fully saturated rings. The standard InChI is InChI=1S/C27H42N2Si.C6H18NSi2.C4H8O.Sm/c1-18(2)22-13-11-14-23(19(3)4)26(22)28-17-30(9,10)29-27-24(20(5)6)15-12-16-25(27)21(7)8;1-8(2,3)7-9(4,5)6;1-2-4-5-3-1;/h11-16,18-21H,17H2,1-10H3;1-6H3;1-4H2;/q-2;-1;;+3. The molecule has 0 saturated carbocycles. The Morgan fingerprint density at radius 3 is 1.16 bits per heavy atom. The first kappa shape index (κ1) is 44.9. The van der Waals surface area contributed by atoms with Crippen molar-refractivity contribution in [2.45, 2.75) is 144 Å². The van der Waals surface area contributed by atoms with Crippen molar-refractivity contribution in [3.63, 3.8) is 0 Å². The Labute approximate surface area is 315 Å². The number of hydrogen-bond acceptors (Lipinski definition) is 1. The minimum Gasteiger partial charge on any atom is -0.688 e. The fourth-order valence-electron chi connectivity index (χ4n) is 5.46. The van der Waals surface area contributed by atoms with E-state index >= 15 is 0 Å². The molecule has 0 amide bonds. The molecule has 1 heterocycles. The van der Waals surface area contributed by atoms with E-state index in [0.717, 1.165) is 19.4 Å². The Morgan fingerprint density at radius 2 is 0.911 bits per heavy atom. The number of nitrogens with zero attached hydrogens (tertiary/aromatic N) is 3. The molecule has 1 aliphatic heterocycles. The van der Waals surface area contributed by atoms with Crippen LogP contribution in [0.1, 0.15) is 114 Å². The van der Waals surface area contributed by atoms with E-state index in [1.807, 2.05) is 0 Å². The topological polar surface area (TPSA) is 51.5 Å². The van der Waals surface area contributed by atoms with Gasteiger partial charge in [-0.15, -0.1) is 17.5 Å². The summed E-state index contributed by atoms with van der Waals surface area (Å²) in [6, 6.07) is 13.4. The van der Waals surface area contributed by atoms with Crippen molar-refractivity contribution in [2.75, 3.05) is 19.4 Å². The predicted octanol–water partition coefficient (Wildman–Crippen LogP) is 13.5. The maximum absolute atomic E-state index is 5.44. The second-order valence-corrected chi connectivity index (χ2v) is 29.9. The summed E-state index contributed by atoms with van der Waals surface area (Å²) in [6.45, 7) is 38.6. The van der Waals surface area contributed by atoms with Gasteiger partial charge in [0.05, 0.1) is 0 Å². The van der Waals surface area contributed by atoms with Gasteiger partial charge in [-0.25, -0.2) is 0 Å². The maximum Gasteiger partial charge on any atom is 3.00 e. The first-order valence-corrected chi connectivity index (χ1v) is 27.2. The molecule has 1 aliphatic rings. The number of hydrogen-bond donors (Lipinski definition) is 0. The van der Waals surface area contributed by atoms with Gasteiger partial charge in [0.2, 0.25) is 0 Å². The monoisotopic (exact) mass is 806 g/mol. The number of benzene rings is 2. The zero-order valence-corrected chi connectivity index (χ0v) is 37.6. The molecule has 1 saturated heterocycles. The first-order chi connectivity index (χ1) is 20.1. The molecule has 8 heteroatoms. The maximum atomic E-state index is 5.44. The van der Waals surface area contributed by atoms with Crippen molar-refractivity contribution in [2.24, 2.45) is 0 Å². The van der Waals surface area contributed by atoms with Crippen LogP contribution in [0.2, 0.25) is 52.4 Å². The van der Waals surface area contributed by atoms with Gasteiger partial charge in [0.15, 0.2) is 0 Å². The summed E-state index contributed by atoms with van der Waals surface area (Å²) in [4.78, 5) is 5.44. The van der Waals surface area contributed by atoms with E-state index in [9.17, 15) is 0 Å². The van der Waals surface area contributed by atoms with Gasteiger partial charge in [0, 0.05) is 13.2 Å². The van der Waals surface area contributed by atoms with Gasteiger partial charge in [-0.3, -0.25) is 0 Å². The van der Waals surface area contributed by atoms with E-state index < -0.39 is 24.7 Å². The van der Waals surface area contributed by atoms with Gasteiger partial charge in [-0.2, -0.15) is 0 Å². The van der Waals surface area contributed by atoms with E-state index in [2.05, 4.69) is 144 Å². The van der Waals surface area contributed by atoms with Crippen LogP contribution in [0.5, 0.6) is 0 Å². The SMILES string of the molecule is C1CCOC1.CC(C)c1cccc(C(C)C)c1[N-]C[Si](C)(C)[N-]c1c(C(C)C)cccc1C(C)C.C[Si](C)(C)[N-][Si](C)(C)C.[Sm+3]. The van der Waals surface area contributed by atoms with Gasteiger partial charge in [0.25, 0.3) is 0 Å². The molecule has 45 heavy (non-hydrogen) atoms. The summed E-state index contributed by atoms with van der Waals surface area (Å²) >= 11 is 0. The summed E-state index contributed by atoms with van der Waals surface area (Å²) in [5.74, 6) is 1.88. The first-order valence-electron chi connectivity index (χ1n) is 17.1. The van der Waals surface area contributed by atoms with Crippen LogP contribution in [0.4, 0.5) is 11.4 Å². The number of rotatable bonds is 11. The molecular formula is C37H68N3OSi3Sm. The molecule has 0 N–H and O–H groups in total. The van der Waals surface area contributed by atoms with Crippen molar-refractivity contribution in [1.29, 1.82) is 0 Å². The van der Waals surface area contributed by atoms with Crippen LogP contribution in [-0.4, -0.2) is 44.1 Å². The Kier molecular flexibility index (Phi) is 20.4. The smallest absolute Gasteiger partial charge is 0.688 e. The van der Waals surface area contributed by atoms with E-state index in [1.165, 1.54) is 46.5 Å². The predicted molar refractivity (Wildman–Crippen MR) is 208 cm³/mol. The van der Waals surface area contributed by atoms with Crippen molar-refractivity contribution < 1.29 is 45.1 Å². The van der Waals surface area contributed by atoms with Crippen LogP contribution in [0, 0.1) is 40.4 Å². The molecule has 0 unspecified atom stereocenters. The van der Waals surface area contributed by atoms with Gasteiger partial charge in [-0.1, -0.05) is 191 Å². The van der Waals surface area contributed by atoms with Crippen LogP contribution in [0.15, 0.2) is 36.4 Å². The van der Waals surface area contributed by atoms with Crippen LogP contribution < -0.4 is 0 Å². The average Bonchev–Trinajstić information content (AvgIpc) is 3.45. The van der Waals surface area contributed by atoms with Gasteiger partial charge in [-0.05, 0) is 36.5 Å². The summed E-state index contributed by atoms with van der Waals surface area (Å²) < 4.78 is 9.76. The van der Waals surface area contributed by atoms with Crippen LogP contribution >= 0.6 is 0 Å². The van der Waals surface area contributed by atoms with Gasteiger partial charge in [0.1, 0.15) is 0 Å². The van der Waals surface area contributed by atoms with E-state index in [0.29, 0.717) is 23.7 Å². The molecule has 0 atom stereocenters. The van der Waals surface area contributed by atoms with Crippen LogP contribution in [0.3, 0.4) is 0 Å². The number of ether oxygens (including phenoxy) is 1. The molecule has 4 nitrogen and oxygen atoms in total. The minimum atomic E-state index is -1.94. The molecule has 2 aromatic carbocycles. The summed E-state index contributed by atoms with van der Waals surface area (Å²) in [7, 11) is -4.15. The van der Waals surface area contributed by atoms with Crippen LogP contribution in [-0.2, 0) is 4.74 Å². The Hall–Kier alpha value is -0.0517. The molecule has 3 rings (SSSR count). The largest absolute Gasteiger partial charge is 3.00 e. The molecule has 2 aromatic rings. The molecule has 0 spiro atoms. The fraction of sp³-hybridized carbons (Fsp3) is 0.676. The summed E-state index contributed by atoms with van der Waals surface area (Å²) in [6.07, 6.45) is 3.38. The fourth-order valence-corrected chi connectivity index (χ4v) is 15.0. The molecular weight excluding hydrogens is 737 g/mol. The zero-order valence-electron chi connectivity index (χ0n) is 32.0. The van der Waals surface area contributed by atoms with Crippen molar-refractivity contribution in [3.05, 3.63) is 73.6 Å². The van der Waals surface area contributed by atoms with E-state index in [4.69, 9.17) is 19.7 Å². The molecule has 0 bridgehead atoms. The normalized spacial score (nSPS) is 13.7. The van der Waals surface area contributed by atoms with E-state index in [-0.39, 0.29) is 40.4 Å². The third-order valence-electron chi connectivity index (χ3n) is 7.22. The van der Waals surface area contributed by atoms with Crippen molar-refractivity contribution in [3.8, 4) is 0 Å². The van der Waals surface area contributed by atoms with E-state index in [1.54, 1.807) is 0 Å². The Bertz CT molecular complexity index is 1050. The zero-order chi connectivity index (χ0) is 33.9. The third-order valence-corrected chi connectivity index (χ3v) is 14.3. The minimum absolute atomic E-state index is 0. The summed E-state index contributed by atoms with van der Waals surface area (Å²) in [5, 5.41) is 5.23. The number of para-hydroxylation sites is 1. The van der Waals surface area contributed by atoms with Crippen LogP contribution in [0.25, 0.3) is 14.9 Å².